The van der Waals surface area contributed by atoms with Crippen LogP contribution in [-0.4, -0.2) is 28.9 Å². The summed E-state index contributed by atoms with van der Waals surface area (Å²) in [5.74, 6) is 1.20. The van der Waals surface area contributed by atoms with Gasteiger partial charge < -0.3 is 4.90 Å². The topological polar surface area (TPSA) is 33.2 Å². The van der Waals surface area contributed by atoms with Gasteiger partial charge in [0.1, 0.15) is 0 Å². The Balaban J connectivity index is 1.56. The van der Waals surface area contributed by atoms with Gasteiger partial charge in [0.15, 0.2) is 0 Å². The molecular formula is C17H22N2O. The summed E-state index contributed by atoms with van der Waals surface area (Å²) in [4.78, 5) is 18.6. The lowest BCUT2D eigenvalue weighted by Crippen LogP contribution is -2.41. The van der Waals surface area contributed by atoms with E-state index in [4.69, 9.17) is 0 Å². The Labute approximate surface area is 120 Å². The zero-order valence-electron chi connectivity index (χ0n) is 11.9. The molecule has 1 aliphatic heterocycles. The maximum atomic E-state index is 12.5. The number of pyridine rings is 1. The van der Waals surface area contributed by atoms with Crippen LogP contribution in [0.1, 0.15) is 43.6 Å². The minimum atomic E-state index is 0.234. The molecule has 2 aliphatic rings. The van der Waals surface area contributed by atoms with E-state index in [0.717, 1.165) is 45.2 Å². The van der Waals surface area contributed by atoms with Gasteiger partial charge in [0.2, 0.25) is 5.91 Å². The summed E-state index contributed by atoms with van der Waals surface area (Å²) in [5, 5.41) is 0. The van der Waals surface area contributed by atoms with Gasteiger partial charge in [0.05, 0.1) is 0 Å². The van der Waals surface area contributed by atoms with Crippen LogP contribution in [0.4, 0.5) is 0 Å². The van der Waals surface area contributed by atoms with E-state index in [0.29, 0.717) is 11.8 Å². The molecule has 1 aliphatic carbocycles. The van der Waals surface area contributed by atoms with Gasteiger partial charge in [0.25, 0.3) is 0 Å². The molecule has 0 N–H and O–H groups in total. The van der Waals surface area contributed by atoms with Crippen molar-refractivity contribution < 1.29 is 4.79 Å². The molecule has 1 saturated heterocycles. The van der Waals surface area contributed by atoms with E-state index in [1.165, 1.54) is 5.56 Å². The molecule has 20 heavy (non-hydrogen) atoms. The lowest BCUT2D eigenvalue weighted by molar-refractivity contribution is -0.136. The molecule has 3 heteroatoms. The van der Waals surface area contributed by atoms with E-state index < -0.39 is 0 Å². The van der Waals surface area contributed by atoms with Gasteiger partial charge in [-0.2, -0.15) is 0 Å². The van der Waals surface area contributed by atoms with Gasteiger partial charge in [0, 0.05) is 31.4 Å². The number of rotatable bonds is 2. The van der Waals surface area contributed by atoms with Crippen LogP contribution in [0, 0.1) is 5.92 Å². The molecule has 0 spiro atoms. The van der Waals surface area contributed by atoms with E-state index in [1.807, 2.05) is 12.4 Å². The second kappa shape index (κ2) is 6.21. The summed E-state index contributed by atoms with van der Waals surface area (Å²) in [5.41, 5.74) is 1.37. The Morgan fingerprint density at radius 3 is 2.50 bits per heavy atom. The van der Waals surface area contributed by atoms with Crippen molar-refractivity contribution in [1.82, 2.24) is 9.88 Å². The van der Waals surface area contributed by atoms with Crippen molar-refractivity contribution in [3.8, 4) is 0 Å². The smallest absolute Gasteiger partial charge is 0.226 e. The second-order valence-corrected chi connectivity index (χ2v) is 5.86. The van der Waals surface area contributed by atoms with E-state index in [2.05, 4.69) is 34.2 Å². The Morgan fingerprint density at radius 2 is 1.85 bits per heavy atom. The fourth-order valence-electron chi connectivity index (χ4n) is 3.34. The maximum absolute atomic E-state index is 12.5. The molecular weight excluding hydrogens is 248 g/mol. The molecule has 0 radical (unpaired) electrons. The first-order valence-electron chi connectivity index (χ1n) is 7.68. The molecule has 3 nitrogen and oxygen atoms in total. The van der Waals surface area contributed by atoms with Gasteiger partial charge in [-0.15, -0.1) is 0 Å². The lowest BCUT2D eigenvalue weighted by atomic mass is 9.88. The normalized spacial score (nSPS) is 23.8. The Bertz CT molecular complexity index is 475. The monoisotopic (exact) mass is 270 g/mol. The molecule has 3 rings (SSSR count). The number of piperidine rings is 1. The zero-order chi connectivity index (χ0) is 13.8. The summed E-state index contributed by atoms with van der Waals surface area (Å²) in [6.45, 7) is 1.82. The van der Waals surface area contributed by atoms with Crippen LogP contribution < -0.4 is 0 Å². The maximum Gasteiger partial charge on any atom is 0.226 e. The molecule has 2 heterocycles. The van der Waals surface area contributed by atoms with E-state index >= 15 is 0 Å². The van der Waals surface area contributed by atoms with Crippen LogP contribution in [-0.2, 0) is 4.79 Å². The predicted octanol–water partition coefficient (Wildman–Crippen LogP) is 3.14. The van der Waals surface area contributed by atoms with Crippen molar-refractivity contribution in [1.29, 1.82) is 0 Å². The van der Waals surface area contributed by atoms with Crippen LogP contribution in [0.5, 0.6) is 0 Å². The summed E-state index contributed by atoms with van der Waals surface area (Å²) >= 11 is 0. The highest BCUT2D eigenvalue weighted by molar-refractivity contribution is 5.79. The molecule has 1 amide bonds. The number of allylic oxidation sites excluding steroid dienone is 2. The first-order chi connectivity index (χ1) is 9.84. The highest BCUT2D eigenvalue weighted by atomic mass is 16.2. The number of nitrogens with zero attached hydrogens (tertiary/aromatic N) is 2. The lowest BCUT2D eigenvalue weighted by Gasteiger charge is -2.34. The standard InChI is InChI=1S/C17H22N2O/c20-17(16-4-2-1-3-5-16)19-12-8-15(9-13-19)14-6-10-18-11-7-14/h1-2,6-7,10-11,15-16H,3-5,8-9,12-13H2/t16-/m1/s1. The first-order valence-corrected chi connectivity index (χ1v) is 7.68. The minimum Gasteiger partial charge on any atom is -0.342 e. The quantitative estimate of drug-likeness (QED) is 0.773. The average Bonchev–Trinajstić information content (AvgIpc) is 2.56. The molecule has 1 aromatic rings. The predicted molar refractivity (Wildman–Crippen MR) is 79.3 cm³/mol. The van der Waals surface area contributed by atoms with Crippen LogP contribution in [0.2, 0.25) is 0 Å². The fraction of sp³-hybridized carbons (Fsp3) is 0.529. The number of carbonyl (C=O) groups is 1. The number of hydrogen-bond acceptors (Lipinski definition) is 2. The number of carbonyl (C=O) groups excluding carboxylic acids is 1. The van der Waals surface area contributed by atoms with Gasteiger partial charge in [-0.3, -0.25) is 9.78 Å². The molecule has 1 fully saturated rings. The number of amides is 1. The van der Waals surface area contributed by atoms with Gasteiger partial charge in [-0.1, -0.05) is 12.2 Å². The third-order valence-electron chi connectivity index (χ3n) is 4.60. The van der Waals surface area contributed by atoms with Crippen molar-refractivity contribution in [2.75, 3.05) is 13.1 Å². The highest BCUT2D eigenvalue weighted by Crippen LogP contribution is 2.29. The Morgan fingerprint density at radius 1 is 1.10 bits per heavy atom. The molecule has 1 aromatic heterocycles. The SMILES string of the molecule is O=C([C@@H]1CC=CCC1)N1CCC(c2ccncc2)CC1. The van der Waals surface area contributed by atoms with E-state index in [-0.39, 0.29) is 5.92 Å². The van der Waals surface area contributed by atoms with Crippen molar-refractivity contribution >= 4 is 5.91 Å². The largest absolute Gasteiger partial charge is 0.342 e. The van der Waals surface area contributed by atoms with E-state index in [1.54, 1.807) is 0 Å². The average molecular weight is 270 g/mol. The third-order valence-corrected chi connectivity index (χ3v) is 4.60. The molecule has 106 valence electrons. The number of hydrogen-bond donors (Lipinski definition) is 0. The molecule has 0 saturated carbocycles. The highest BCUT2D eigenvalue weighted by Gasteiger charge is 2.28. The fourth-order valence-corrected chi connectivity index (χ4v) is 3.34. The molecule has 1 atom stereocenters. The summed E-state index contributed by atoms with van der Waals surface area (Å²) < 4.78 is 0. The number of likely N-dealkylation sites (tertiary alicyclic amines) is 1. The number of aromatic nitrogens is 1. The second-order valence-electron chi connectivity index (χ2n) is 5.86. The minimum absolute atomic E-state index is 0.234. The van der Waals surface area contributed by atoms with E-state index in [9.17, 15) is 4.79 Å². The third kappa shape index (κ3) is 2.92. The summed E-state index contributed by atoms with van der Waals surface area (Å²) in [7, 11) is 0. The van der Waals surface area contributed by atoms with Crippen LogP contribution in [0.15, 0.2) is 36.7 Å². The van der Waals surface area contributed by atoms with Crippen LogP contribution in [0.25, 0.3) is 0 Å². The molecule has 0 unspecified atom stereocenters. The van der Waals surface area contributed by atoms with Crippen molar-refractivity contribution in [3.63, 3.8) is 0 Å². The van der Waals surface area contributed by atoms with Crippen LogP contribution in [0.3, 0.4) is 0 Å². The van der Waals surface area contributed by atoms with Crippen molar-refractivity contribution in [3.05, 3.63) is 42.2 Å². The summed E-state index contributed by atoms with van der Waals surface area (Å²) in [6.07, 6.45) is 13.3. The van der Waals surface area contributed by atoms with Gasteiger partial charge in [-0.05, 0) is 55.7 Å². The molecule has 0 bridgehead atoms. The Hall–Kier alpha value is -1.64. The van der Waals surface area contributed by atoms with Gasteiger partial charge >= 0.3 is 0 Å². The first kappa shape index (κ1) is 13.3. The Kier molecular flexibility index (Phi) is 4.14. The van der Waals surface area contributed by atoms with Crippen molar-refractivity contribution in [2.24, 2.45) is 5.92 Å². The van der Waals surface area contributed by atoms with Crippen LogP contribution >= 0.6 is 0 Å². The summed E-state index contributed by atoms with van der Waals surface area (Å²) in [6, 6.07) is 4.21. The molecule has 0 aromatic carbocycles. The zero-order valence-corrected chi connectivity index (χ0v) is 11.9. The van der Waals surface area contributed by atoms with Gasteiger partial charge in [-0.25, -0.2) is 0 Å². The van der Waals surface area contributed by atoms with Crippen molar-refractivity contribution in [2.45, 2.75) is 38.0 Å².